The molecule has 0 radical (unpaired) electrons. The molecule has 0 bridgehead atoms. The van der Waals surface area contributed by atoms with Gasteiger partial charge in [0.05, 0.1) is 0 Å². The second-order valence-electron chi connectivity index (χ2n) is 7.27. The third kappa shape index (κ3) is 5.07. The summed E-state index contributed by atoms with van der Waals surface area (Å²) in [7, 11) is -1.06. The molecule has 5 heteroatoms. The van der Waals surface area contributed by atoms with Crippen LogP contribution >= 0.6 is 0 Å². The second kappa shape index (κ2) is 7.36. The summed E-state index contributed by atoms with van der Waals surface area (Å²) in [6.07, 6.45) is 9.19. The van der Waals surface area contributed by atoms with Gasteiger partial charge < -0.3 is 9.30 Å². The van der Waals surface area contributed by atoms with Crippen LogP contribution in [0.2, 0.25) is 25.7 Å². The number of Topliss-reactive ketones (excluding diaryl/α,β-unsaturated/α-hetero) is 1. The lowest BCUT2D eigenvalue weighted by Gasteiger charge is -2.20. The van der Waals surface area contributed by atoms with Crippen LogP contribution in [0.4, 0.5) is 0 Å². The van der Waals surface area contributed by atoms with Crippen molar-refractivity contribution in [3.05, 3.63) is 18.2 Å². The van der Waals surface area contributed by atoms with Crippen LogP contribution in [0, 0.1) is 5.92 Å². The van der Waals surface area contributed by atoms with Gasteiger partial charge in [-0.05, 0) is 18.9 Å². The Morgan fingerprint density at radius 3 is 2.71 bits per heavy atom. The Morgan fingerprint density at radius 2 is 2.05 bits per heavy atom. The molecular formula is C16H28N2O2Si. The van der Waals surface area contributed by atoms with Crippen molar-refractivity contribution in [2.45, 2.75) is 64.5 Å². The molecule has 1 heterocycles. The fourth-order valence-electron chi connectivity index (χ4n) is 2.73. The van der Waals surface area contributed by atoms with Crippen LogP contribution in [-0.2, 0) is 11.5 Å². The van der Waals surface area contributed by atoms with Crippen molar-refractivity contribution >= 4 is 13.9 Å². The van der Waals surface area contributed by atoms with Crippen molar-refractivity contribution < 1.29 is 9.53 Å². The first-order chi connectivity index (χ1) is 9.97. The van der Waals surface area contributed by atoms with Crippen LogP contribution in [-0.4, -0.2) is 30.0 Å². The summed E-state index contributed by atoms with van der Waals surface area (Å²) in [6, 6.07) is 1.15. The van der Waals surface area contributed by atoms with Crippen LogP contribution in [0.15, 0.2) is 12.4 Å². The van der Waals surface area contributed by atoms with E-state index in [1.54, 1.807) is 6.20 Å². The van der Waals surface area contributed by atoms with E-state index in [9.17, 15) is 4.79 Å². The Labute approximate surface area is 128 Å². The van der Waals surface area contributed by atoms with Gasteiger partial charge in [-0.2, -0.15) is 0 Å². The van der Waals surface area contributed by atoms with Crippen LogP contribution in [0.5, 0.6) is 0 Å². The number of ether oxygens (including phenoxy) is 1. The zero-order valence-corrected chi connectivity index (χ0v) is 14.6. The number of hydrogen-bond donors (Lipinski definition) is 0. The van der Waals surface area contributed by atoms with Crippen molar-refractivity contribution in [1.29, 1.82) is 0 Å². The molecule has 0 N–H and O–H groups in total. The summed E-state index contributed by atoms with van der Waals surface area (Å²) in [5.74, 6) is 0.949. The minimum absolute atomic E-state index is 0.168. The maximum Gasteiger partial charge on any atom is 0.201 e. The highest BCUT2D eigenvalue weighted by molar-refractivity contribution is 6.76. The number of aromatic nitrogens is 2. The van der Waals surface area contributed by atoms with Gasteiger partial charge in [-0.25, -0.2) is 4.98 Å². The topological polar surface area (TPSA) is 44.1 Å². The molecule has 1 aliphatic rings. The largest absolute Gasteiger partial charge is 0.361 e. The summed E-state index contributed by atoms with van der Waals surface area (Å²) in [5, 5.41) is 0. The summed E-state index contributed by atoms with van der Waals surface area (Å²) >= 11 is 0. The van der Waals surface area contributed by atoms with E-state index in [1.165, 1.54) is 19.3 Å². The van der Waals surface area contributed by atoms with Gasteiger partial charge in [-0.1, -0.05) is 38.9 Å². The maximum absolute atomic E-state index is 12.5. The predicted molar refractivity (Wildman–Crippen MR) is 87.2 cm³/mol. The second-order valence-corrected chi connectivity index (χ2v) is 12.9. The van der Waals surface area contributed by atoms with Crippen molar-refractivity contribution in [1.82, 2.24) is 9.55 Å². The lowest BCUT2D eigenvalue weighted by atomic mass is 9.86. The summed E-state index contributed by atoms with van der Waals surface area (Å²) < 4.78 is 7.60. The molecule has 0 aromatic carbocycles. The van der Waals surface area contributed by atoms with Gasteiger partial charge in [0.2, 0.25) is 5.78 Å². The Balaban J connectivity index is 1.87. The van der Waals surface area contributed by atoms with Crippen molar-refractivity contribution in [3.63, 3.8) is 0 Å². The first-order valence-corrected chi connectivity index (χ1v) is 11.8. The minimum atomic E-state index is -1.06. The number of hydrogen-bond acceptors (Lipinski definition) is 3. The number of carbonyl (C=O) groups excluding carboxylic acids is 1. The number of imidazole rings is 1. The average Bonchev–Trinajstić information content (AvgIpc) is 2.91. The molecule has 0 unspecified atom stereocenters. The maximum atomic E-state index is 12.5. The highest BCUT2D eigenvalue weighted by atomic mass is 28.3. The molecule has 2 rings (SSSR count). The quantitative estimate of drug-likeness (QED) is 0.435. The highest BCUT2D eigenvalue weighted by Gasteiger charge is 2.25. The summed E-state index contributed by atoms with van der Waals surface area (Å²) in [5.41, 5.74) is 0. The van der Waals surface area contributed by atoms with Gasteiger partial charge in [0.25, 0.3) is 0 Å². The van der Waals surface area contributed by atoms with Gasteiger partial charge in [-0.15, -0.1) is 0 Å². The molecule has 1 saturated carbocycles. The summed E-state index contributed by atoms with van der Waals surface area (Å²) in [6.45, 7) is 8.23. The Kier molecular flexibility index (Phi) is 5.76. The van der Waals surface area contributed by atoms with Crippen molar-refractivity contribution in [2.75, 3.05) is 6.61 Å². The fourth-order valence-corrected chi connectivity index (χ4v) is 3.48. The molecule has 1 aliphatic carbocycles. The molecule has 4 nitrogen and oxygen atoms in total. The van der Waals surface area contributed by atoms with E-state index in [4.69, 9.17) is 4.74 Å². The normalized spacial score (nSPS) is 17.1. The average molecular weight is 308 g/mol. The van der Waals surface area contributed by atoms with Crippen LogP contribution in [0.25, 0.3) is 0 Å². The number of carbonyl (C=O) groups is 1. The lowest BCUT2D eigenvalue weighted by molar-refractivity contribution is 0.0753. The minimum Gasteiger partial charge on any atom is -0.361 e. The van der Waals surface area contributed by atoms with Gasteiger partial charge in [0.15, 0.2) is 5.82 Å². The Morgan fingerprint density at radius 1 is 1.33 bits per heavy atom. The smallest absolute Gasteiger partial charge is 0.201 e. The van der Waals surface area contributed by atoms with Crippen molar-refractivity contribution in [3.8, 4) is 0 Å². The van der Waals surface area contributed by atoms with E-state index in [1.807, 2.05) is 10.8 Å². The van der Waals surface area contributed by atoms with E-state index in [0.29, 0.717) is 12.6 Å². The Hall–Kier alpha value is -0.943. The van der Waals surface area contributed by atoms with E-state index in [0.717, 1.165) is 25.5 Å². The molecule has 1 fully saturated rings. The zero-order chi connectivity index (χ0) is 15.3. The molecule has 0 spiro atoms. The van der Waals surface area contributed by atoms with E-state index < -0.39 is 8.07 Å². The van der Waals surface area contributed by atoms with Gasteiger partial charge in [-0.3, -0.25) is 4.79 Å². The van der Waals surface area contributed by atoms with Gasteiger partial charge in [0.1, 0.15) is 6.73 Å². The van der Waals surface area contributed by atoms with E-state index >= 15 is 0 Å². The Bertz CT molecular complexity index is 459. The molecule has 1 aromatic rings. The van der Waals surface area contributed by atoms with E-state index in [-0.39, 0.29) is 11.7 Å². The number of rotatable bonds is 7. The molecule has 0 saturated heterocycles. The fraction of sp³-hybridized carbons (Fsp3) is 0.750. The van der Waals surface area contributed by atoms with Crippen LogP contribution in [0.3, 0.4) is 0 Å². The molecule has 0 aliphatic heterocycles. The molecule has 1 aromatic heterocycles. The number of ketones is 1. The molecule has 21 heavy (non-hydrogen) atoms. The molecule has 118 valence electrons. The molecular weight excluding hydrogens is 280 g/mol. The predicted octanol–water partition coefficient (Wildman–Crippen LogP) is 3.96. The molecule has 0 amide bonds. The first kappa shape index (κ1) is 16.4. The van der Waals surface area contributed by atoms with Crippen LogP contribution < -0.4 is 0 Å². The standard InChI is InChI=1S/C16H28N2O2Si/c1-21(2,3)12-11-20-13-18-10-9-17-16(18)15(19)14-7-5-4-6-8-14/h9-10,14H,4-8,11-13H2,1-3H3. The third-order valence-electron chi connectivity index (χ3n) is 4.14. The molecule has 0 atom stereocenters. The third-order valence-corrected chi connectivity index (χ3v) is 5.84. The monoisotopic (exact) mass is 308 g/mol. The van der Waals surface area contributed by atoms with Gasteiger partial charge in [0, 0.05) is 33.0 Å². The SMILES string of the molecule is C[Si](C)(C)CCOCn1ccnc1C(=O)C1CCCCC1. The zero-order valence-electron chi connectivity index (χ0n) is 13.6. The van der Waals surface area contributed by atoms with Crippen LogP contribution in [0.1, 0.15) is 42.7 Å². The first-order valence-electron chi connectivity index (χ1n) is 8.10. The van der Waals surface area contributed by atoms with E-state index in [2.05, 4.69) is 24.6 Å². The van der Waals surface area contributed by atoms with Gasteiger partial charge >= 0.3 is 0 Å². The lowest BCUT2D eigenvalue weighted by Crippen LogP contribution is -2.24. The highest BCUT2D eigenvalue weighted by Crippen LogP contribution is 2.26. The number of nitrogens with zero attached hydrogens (tertiary/aromatic N) is 2. The summed E-state index contributed by atoms with van der Waals surface area (Å²) in [4.78, 5) is 16.8. The van der Waals surface area contributed by atoms with Crippen molar-refractivity contribution in [2.24, 2.45) is 5.92 Å².